The minimum Gasteiger partial charge on any atom is -0.300 e. The fraction of sp³-hybridized carbons (Fsp3) is 0.353. The Morgan fingerprint density at radius 3 is 2.88 bits per heavy atom. The van der Waals surface area contributed by atoms with Gasteiger partial charge in [-0.1, -0.05) is 29.2 Å². The number of amides is 1. The molecule has 0 bridgehead atoms. The summed E-state index contributed by atoms with van der Waals surface area (Å²) in [6, 6.07) is 6.18. The molecule has 0 spiro atoms. The third-order valence-electron chi connectivity index (χ3n) is 4.23. The zero-order chi connectivity index (χ0) is 18.1. The van der Waals surface area contributed by atoms with Crippen molar-refractivity contribution in [3.8, 4) is 5.69 Å². The standard InChI is InChI=1S/C17H18N6OS2/c1-10-3-6-13(7-11(10)2)23-9-18-22-17(23)25-8-14(24)19-16-21-20-15(26-16)12-4-5-12/h3,6-7,9,12H,4-5,8H2,1-2H3,(H,19,21,24). The first-order valence-corrected chi connectivity index (χ1v) is 10.1. The van der Waals surface area contributed by atoms with Crippen LogP contribution in [0.1, 0.15) is 34.9 Å². The number of thioether (sulfide) groups is 1. The fourth-order valence-corrected chi connectivity index (χ4v) is 4.10. The van der Waals surface area contributed by atoms with Crippen LogP contribution < -0.4 is 5.32 Å². The van der Waals surface area contributed by atoms with Crippen molar-refractivity contribution in [2.75, 3.05) is 11.1 Å². The van der Waals surface area contributed by atoms with E-state index in [-0.39, 0.29) is 11.7 Å². The van der Waals surface area contributed by atoms with E-state index in [1.807, 2.05) is 10.6 Å². The highest BCUT2D eigenvalue weighted by atomic mass is 32.2. The van der Waals surface area contributed by atoms with Gasteiger partial charge in [-0.25, -0.2) is 0 Å². The molecule has 1 saturated carbocycles. The monoisotopic (exact) mass is 386 g/mol. The Morgan fingerprint density at radius 2 is 2.12 bits per heavy atom. The second-order valence-corrected chi connectivity index (χ2v) is 8.26. The van der Waals surface area contributed by atoms with Crippen LogP contribution >= 0.6 is 23.1 Å². The second kappa shape index (κ2) is 7.16. The molecule has 0 atom stereocenters. The van der Waals surface area contributed by atoms with Gasteiger partial charge in [0.1, 0.15) is 11.3 Å². The first-order valence-electron chi connectivity index (χ1n) is 8.34. The van der Waals surface area contributed by atoms with Gasteiger partial charge in [-0.05, 0) is 49.9 Å². The molecule has 26 heavy (non-hydrogen) atoms. The Morgan fingerprint density at radius 1 is 1.27 bits per heavy atom. The number of nitrogens with zero attached hydrogens (tertiary/aromatic N) is 5. The van der Waals surface area contributed by atoms with Crippen LogP contribution in [0.3, 0.4) is 0 Å². The van der Waals surface area contributed by atoms with Crippen LogP contribution in [0.25, 0.3) is 5.69 Å². The molecule has 1 aliphatic rings. The van der Waals surface area contributed by atoms with Gasteiger partial charge in [-0.3, -0.25) is 14.7 Å². The number of nitrogens with one attached hydrogen (secondary N) is 1. The molecule has 1 amide bonds. The molecule has 0 radical (unpaired) electrons. The van der Waals surface area contributed by atoms with Crippen LogP contribution in [0.15, 0.2) is 29.7 Å². The molecule has 7 nitrogen and oxygen atoms in total. The molecular weight excluding hydrogens is 368 g/mol. The molecular formula is C17H18N6OS2. The molecule has 1 fully saturated rings. The first-order chi connectivity index (χ1) is 12.6. The van der Waals surface area contributed by atoms with Gasteiger partial charge in [-0.15, -0.1) is 20.4 Å². The smallest absolute Gasteiger partial charge is 0.236 e. The molecule has 4 rings (SSSR count). The lowest BCUT2D eigenvalue weighted by Gasteiger charge is -2.08. The molecule has 1 aliphatic carbocycles. The average Bonchev–Trinajstić information content (AvgIpc) is 3.19. The van der Waals surface area contributed by atoms with E-state index in [4.69, 9.17) is 0 Å². The molecule has 0 aliphatic heterocycles. The molecule has 1 aromatic carbocycles. The molecule has 2 heterocycles. The number of aromatic nitrogens is 5. The molecule has 2 aromatic heterocycles. The fourth-order valence-electron chi connectivity index (χ4n) is 2.44. The Kier molecular flexibility index (Phi) is 4.73. The molecule has 0 saturated heterocycles. The third kappa shape index (κ3) is 3.78. The molecule has 134 valence electrons. The topological polar surface area (TPSA) is 85.6 Å². The van der Waals surface area contributed by atoms with E-state index in [0.29, 0.717) is 16.2 Å². The van der Waals surface area contributed by atoms with Gasteiger partial charge in [0.2, 0.25) is 11.0 Å². The van der Waals surface area contributed by atoms with Crippen molar-refractivity contribution < 1.29 is 4.79 Å². The summed E-state index contributed by atoms with van der Waals surface area (Å²) in [5.41, 5.74) is 3.42. The lowest BCUT2D eigenvalue weighted by Crippen LogP contribution is -2.14. The molecule has 0 unspecified atom stereocenters. The highest BCUT2D eigenvalue weighted by Crippen LogP contribution is 2.42. The third-order valence-corrected chi connectivity index (χ3v) is 6.18. The van der Waals surface area contributed by atoms with E-state index >= 15 is 0 Å². The van der Waals surface area contributed by atoms with Crippen molar-refractivity contribution in [2.24, 2.45) is 0 Å². The van der Waals surface area contributed by atoms with E-state index in [2.05, 4.69) is 51.7 Å². The van der Waals surface area contributed by atoms with Crippen molar-refractivity contribution in [1.82, 2.24) is 25.0 Å². The second-order valence-electron chi connectivity index (χ2n) is 6.31. The van der Waals surface area contributed by atoms with Crippen LogP contribution in [-0.2, 0) is 4.79 Å². The maximum Gasteiger partial charge on any atom is 0.236 e. The Labute approximate surface area is 159 Å². The number of hydrogen-bond acceptors (Lipinski definition) is 7. The van der Waals surface area contributed by atoms with Gasteiger partial charge in [0, 0.05) is 11.6 Å². The lowest BCUT2D eigenvalue weighted by molar-refractivity contribution is -0.113. The minimum absolute atomic E-state index is 0.122. The summed E-state index contributed by atoms with van der Waals surface area (Å²) in [5, 5.41) is 21.4. The van der Waals surface area contributed by atoms with Gasteiger partial charge in [0.05, 0.1) is 5.75 Å². The van der Waals surface area contributed by atoms with Gasteiger partial charge in [0.15, 0.2) is 5.16 Å². The van der Waals surface area contributed by atoms with E-state index in [1.165, 1.54) is 47.1 Å². The highest BCUT2D eigenvalue weighted by Gasteiger charge is 2.27. The Hall–Kier alpha value is -2.26. The SMILES string of the molecule is Cc1ccc(-n2cnnc2SCC(=O)Nc2nnc(C3CC3)s2)cc1C. The number of carbonyl (C=O) groups excluding carboxylic acids is 1. The quantitative estimate of drug-likeness (QED) is 0.654. The summed E-state index contributed by atoms with van der Waals surface area (Å²) in [4.78, 5) is 12.2. The highest BCUT2D eigenvalue weighted by molar-refractivity contribution is 7.99. The summed E-state index contributed by atoms with van der Waals surface area (Å²) in [7, 11) is 0. The summed E-state index contributed by atoms with van der Waals surface area (Å²) >= 11 is 2.81. The predicted molar refractivity (Wildman–Crippen MR) is 102 cm³/mol. The van der Waals surface area contributed by atoms with Crippen molar-refractivity contribution in [1.29, 1.82) is 0 Å². The van der Waals surface area contributed by atoms with Crippen LogP contribution in [-0.4, -0.2) is 36.6 Å². The van der Waals surface area contributed by atoms with E-state index in [9.17, 15) is 4.79 Å². The van der Waals surface area contributed by atoms with Crippen molar-refractivity contribution in [3.05, 3.63) is 40.7 Å². The minimum atomic E-state index is -0.122. The van der Waals surface area contributed by atoms with E-state index < -0.39 is 0 Å². The summed E-state index contributed by atoms with van der Waals surface area (Å²) < 4.78 is 1.89. The zero-order valence-electron chi connectivity index (χ0n) is 14.5. The van der Waals surface area contributed by atoms with Crippen LogP contribution in [0.5, 0.6) is 0 Å². The normalized spacial score (nSPS) is 13.8. The maximum atomic E-state index is 12.2. The van der Waals surface area contributed by atoms with Gasteiger partial charge in [-0.2, -0.15) is 0 Å². The number of rotatable bonds is 6. The average molecular weight is 387 g/mol. The lowest BCUT2D eigenvalue weighted by atomic mass is 10.1. The number of carbonyl (C=O) groups is 1. The van der Waals surface area contributed by atoms with E-state index in [0.717, 1.165) is 10.7 Å². The van der Waals surface area contributed by atoms with Gasteiger partial charge in [0.25, 0.3) is 0 Å². The van der Waals surface area contributed by atoms with Crippen LogP contribution in [0, 0.1) is 13.8 Å². The van der Waals surface area contributed by atoms with Crippen LogP contribution in [0.2, 0.25) is 0 Å². The summed E-state index contributed by atoms with van der Waals surface area (Å²) in [6.45, 7) is 4.15. The van der Waals surface area contributed by atoms with E-state index in [1.54, 1.807) is 6.33 Å². The number of aryl methyl sites for hydroxylation is 2. The predicted octanol–water partition coefficient (Wildman–Crippen LogP) is 3.34. The van der Waals surface area contributed by atoms with Crippen molar-refractivity contribution >= 4 is 34.1 Å². The number of hydrogen-bond donors (Lipinski definition) is 1. The Balaban J connectivity index is 1.39. The zero-order valence-corrected chi connectivity index (χ0v) is 16.1. The maximum absolute atomic E-state index is 12.2. The molecule has 3 aromatic rings. The molecule has 1 N–H and O–H groups in total. The number of anilines is 1. The van der Waals surface area contributed by atoms with Crippen LogP contribution in [0.4, 0.5) is 5.13 Å². The van der Waals surface area contributed by atoms with Gasteiger partial charge < -0.3 is 0 Å². The summed E-state index contributed by atoms with van der Waals surface area (Å²) in [5.74, 6) is 0.661. The van der Waals surface area contributed by atoms with Crippen molar-refractivity contribution in [3.63, 3.8) is 0 Å². The number of benzene rings is 1. The Bertz CT molecular complexity index is 946. The van der Waals surface area contributed by atoms with Gasteiger partial charge >= 0.3 is 0 Å². The van der Waals surface area contributed by atoms with Crippen molar-refractivity contribution in [2.45, 2.75) is 37.8 Å². The summed E-state index contributed by atoms with van der Waals surface area (Å²) in [6.07, 6.45) is 4.01. The molecule has 9 heteroatoms. The largest absolute Gasteiger partial charge is 0.300 e. The first kappa shape index (κ1) is 17.2.